The highest BCUT2D eigenvalue weighted by molar-refractivity contribution is 6.38. The summed E-state index contributed by atoms with van der Waals surface area (Å²) in [7, 11) is 0. The third-order valence-corrected chi connectivity index (χ3v) is 5.52. The fraction of sp³-hybridized carbons (Fsp3) is 0.458. The van der Waals surface area contributed by atoms with E-state index in [1.807, 2.05) is 0 Å². The van der Waals surface area contributed by atoms with Crippen LogP contribution in [0.2, 0.25) is 0 Å². The number of hydrogen-bond donors (Lipinski definition) is 5. The number of nitrogens with one attached hydrogen (secondary N) is 5. The van der Waals surface area contributed by atoms with Gasteiger partial charge in [-0.15, -0.1) is 0 Å². The van der Waals surface area contributed by atoms with E-state index < -0.39 is 53.4 Å². The van der Waals surface area contributed by atoms with Gasteiger partial charge in [-0.2, -0.15) is 0 Å². The number of fused-ring (bicyclic) bond motifs is 1. The van der Waals surface area contributed by atoms with Crippen LogP contribution in [0.3, 0.4) is 0 Å². The molecule has 2 heterocycles. The lowest BCUT2D eigenvalue weighted by Crippen LogP contribution is -2.54. The highest BCUT2D eigenvalue weighted by atomic mass is 19.1. The Morgan fingerprint density at radius 3 is 2.60 bits per heavy atom. The number of hydrogen-bond acceptors (Lipinski definition) is 5. The van der Waals surface area contributed by atoms with Crippen LogP contribution in [0.4, 0.5) is 4.39 Å². The molecule has 0 bridgehead atoms. The van der Waals surface area contributed by atoms with Crippen molar-refractivity contribution >= 4 is 40.3 Å². The van der Waals surface area contributed by atoms with Crippen LogP contribution in [0.1, 0.15) is 50.5 Å². The Kier molecular flexibility index (Phi) is 7.88. The second-order valence-corrected chi connectivity index (χ2v) is 9.65. The van der Waals surface area contributed by atoms with Crippen molar-refractivity contribution in [1.82, 2.24) is 26.3 Å². The number of amides is 4. The first-order valence-corrected chi connectivity index (χ1v) is 11.4. The smallest absolute Gasteiger partial charge is 0.290 e. The number of aromatic nitrogens is 1. The number of benzene rings is 1. The van der Waals surface area contributed by atoms with E-state index in [1.165, 1.54) is 24.3 Å². The molecule has 0 spiro atoms. The number of Topliss-reactive ketones (excluding diaryl/α,β-unsaturated/α-hetero) is 1. The Bertz CT molecular complexity index is 1150. The normalized spacial score (nSPS) is 16.8. The molecular formula is C24H30FN5O5. The molecule has 4 amide bonds. The maximum atomic E-state index is 13.4. The maximum Gasteiger partial charge on any atom is 0.290 e. The van der Waals surface area contributed by atoms with Gasteiger partial charge in [0, 0.05) is 28.9 Å². The minimum Gasteiger partial charge on any atom is -0.356 e. The van der Waals surface area contributed by atoms with Crippen LogP contribution in [0, 0.1) is 11.7 Å². The van der Waals surface area contributed by atoms with Gasteiger partial charge in [0.1, 0.15) is 11.5 Å². The number of carbonyl (C=O) groups excluding carboxylic acids is 5. The molecule has 2 aromatic rings. The fourth-order valence-corrected chi connectivity index (χ4v) is 3.86. The van der Waals surface area contributed by atoms with Gasteiger partial charge in [0.15, 0.2) is 0 Å². The summed E-state index contributed by atoms with van der Waals surface area (Å²) in [6.45, 7) is 5.22. The zero-order valence-corrected chi connectivity index (χ0v) is 19.9. The van der Waals surface area contributed by atoms with Gasteiger partial charge in [-0.1, -0.05) is 0 Å². The van der Waals surface area contributed by atoms with E-state index in [0.29, 0.717) is 23.9 Å². The highest BCUT2D eigenvalue weighted by Gasteiger charge is 2.34. The first-order valence-electron chi connectivity index (χ1n) is 11.4. The SMILES string of the molecule is CC(C)(C)NC(=O)C(=O)C(CC1CCCNC1=O)NC(=O)CNC(=O)c1cc2ccc(F)cc2[nH]1. The molecule has 35 heavy (non-hydrogen) atoms. The van der Waals surface area contributed by atoms with Crippen molar-refractivity contribution in [1.29, 1.82) is 0 Å². The van der Waals surface area contributed by atoms with Crippen LogP contribution in [0.25, 0.3) is 10.9 Å². The van der Waals surface area contributed by atoms with E-state index in [1.54, 1.807) is 20.8 Å². The number of aromatic amines is 1. The number of rotatable bonds is 8. The maximum absolute atomic E-state index is 13.4. The molecular weight excluding hydrogens is 457 g/mol. The standard InChI is InChI=1S/C24H30FN5O5/c1-24(2,3)30-23(35)20(32)17(10-14-5-4-8-26-21(14)33)29-19(31)12-27-22(34)18-9-13-6-7-15(25)11-16(13)28-18/h6-7,9,11,14,17,28H,4-5,8,10,12H2,1-3H3,(H,26,33)(H,27,34)(H,29,31)(H,30,35). The largest absolute Gasteiger partial charge is 0.356 e. The number of carbonyl (C=O) groups is 5. The highest BCUT2D eigenvalue weighted by Crippen LogP contribution is 2.19. The van der Waals surface area contributed by atoms with E-state index in [2.05, 4.69) is 26.3 Å². The number of ketones is 1. The Hall–Kier alpha value is -3.76. The second kappa shape index (κ2) is 10.7. The van der Waals surface area contributed by atoms with Crippen LogP contribution < -0.4 is 21.3 Å². The van der Waals surface area contributed by atoms with Crippen LogP contribution >= 0.6 is 0 Å². The Labute approximate surface area is 201 Å². The van der Waals surface area contributed by atoms with E-state index in [4.69, 9.17) is 0 Å². The molecule has 2 atom stereocenters. The minimum absolute atomic E-state index is 0.0322. The number of piperidine rings is 1. The average molecular weight is 488 g/mol. The molecule has 11 heteroatoms. The van der Waals surface area contributed by atoms with Gasteiger partial charge in [0.25, 0.3) is 11.8 Å². The number of halogens is 1. The molecule has 0 aliphatic carbocycles. The molecule has 1 fully saturated rings. The molecule has 1 aliphatic heterocycles. The Balaban J connectivity index is 1.64. The zero-order chi connectivity index (χ0) is 25.8. The van der Waals surface area contributed by atoms with E-state index in [0.717, 1.165) is 6.42 Å². The molecule has 1 aromatic carbocycles. The summed E-state index contributed by atoms with van der Waals surface area (Å²) in [5, 5.41) is 10.8. The van der Waals surface area contributed by atoms with E-state index in [-0.39, 0.29) is 18.0 Å². The van der Waals surface area contributed by atoms with E-state index in [9.17, 15) is 28.4 Å². The van der Waals surface area contributed by atoms with Gasteiger partial charge >= 0.3 is 0 Å². The molecule has 1 aromatic heterocycles. The average Bonchev–Trinajstić information content (AvgIpc) is 3.20. The monoisotopic (exact) mass is 487 g/mol. The van der Waals surface area contributed by atoms with Gasteiger partial charge in [0.05, 0.1) is 12.6 Å². The first kappa shape index (κ1) is 25.9. The first-order chi connectivity index (χ1) is 16.4. The van der Waals surface area contributed by atoms with Crippen LogP contribution in [0.5, 0.6) is 0 Å². The van der Waals surface area contributed by atoms with Gasteiger partial charge in [-0.05, 0) is 64.3 Å². The Morgan fingerprint density at radius 2 is 1.91 bits per heavy atom. The van der Waals surface area contributed by atoms with E-state index >= 15 is 0 Å². The van der Waals surface area contributed by atoms with Crippen molar-refractivity contribution in [2.45, 2.75) is 51.6 Å². The summed E-state index contributed by atoms with van der Waals surface area (Å²) < 4.78 is 13.4. The summed E-state index contributed by atoms with van der Waals surface area (Å²) in [5.41, 5.74) is -0.102. The fourth-order valence-electron chi connectivity index (χ4n) is 3.86. The molecule has 3 rings (SSSR count). The Morgan fingerprint density at radius 1 is 1.17 bits per heavy atom. The molecule has 2 unspecified atom stereocenters. The minimum atomic E-state index is -1.23. The third-order valence-electron chi connectivity index (χ3n) is 5.52. The summed E-state index contributed by atoms with van der Waals surface area (Å²) in [6.07, 6.45) is 1.23. The van der Waals surface area contributed by atoms with Gasteiger partial charge in [-0.3, -0.25) is 24.0 Å². The molecule has 0 saturated carbocycles. The van der Waals surface area contributed by atoms with Gasteiger partial charge in [0.2, 0.25) is 17.6 Å². The molecule has 10 nitrogen and oxygen atoms in total. The van der Waals surface area contributed by atoms with Crippen LogP contribution in [-0.2, 0) is 19.2 Å². The molecule has 188 valence electrons. The summed E-state index contributed by atoms with van der Waals surface area (Å²) >= 11 is 0. The number of H-pyrrole nitrogens is 1. The predicted octanol–water partition coefficient (Wildman–Crippen LogP) is 0.922. The van der Waals surface area contributed by atoms with Crippen molar-refractivity contribution < 1.29 is 28.4 Å². The lowest BCUT2D eigenvalue weighted by atomic mass is 9.89. The lowest BCUT2D eigenvalue weighted by Gasteiger charge is -2.27. The quantitative estimate of drug-likeness (QED) is 0.351. The third kappa shape index (κ3) is 7.11. The molecule has 1 saturated heterocycles. The zero-order valence-electron chi connectivity index (χ0n) is 19.9. The van der Waals surface area contributed by atoms with Crippen molar-refractivity contribution in [3.8, 4) is 0 Å². The van der Waals surface area contributed by atoms with Crippen molar-refractivity contribution in [3.63, 3.8) is 0 Å². The summed E-state index contributed by atoms with van der Waals surface area (Å²) in [5.74, 6) is -4.24. The van der Waals surface area contributed by atoms with Crippen molar-refractivity contribution in [2.75, 3.05) is 13.1 Å². The van der Waals surface area contributed by atoms with Crippen LogP contribution in [-0.4, -0.2) is 59.1 Å². The van der Waals surface area contributed by atoms with Crippen LogP contribution in [0.15, 0.2) is 24.3 Å². The van der Waals surface area contributed by atoms with Crippen molar-refractivity contribution in [3.05, 3.63) is 35.8 Å². The lowest BCUT2D eigenvalue weighted by molar-refractivity contribution is -0.141. The summed E-state index contributed by atoms with van der Waals surface area (Å²) in [6, 6.07) is 4.33. The van der Waals surface area contributed by atoms with Crippen molar-refractivity contribution in [2.24, 2.45) is 5.92 Å². The molecule has 1 aliphatic rings. The second-order valence-electron chi connectivity index (χ2n) is 9.65. The molecule has 0 radical (unpaired) electrons. The predicted molar refractivity (Wildman–Crippen MR) is 126 cm³/mol. The summed E-state index contributed by atoms with van der Waals surface area (Å²) in [4.78, 5) is 65.3. The van der Waals surface area contributed by atoms with Gasteiger partial charge in [-0.25, -0.2) is 4.39 Å². The van der Waals surface area contributed by atoms with Gasteiger partial charge < -0.3 is 26.3 Å². The topological polar surface area (TPSA) is 149 Å². The molecule has 5 N–H and O–H groups in total.